The van der Waals surface area contributed by atoms with Gasteiger partial charge in [-0.2, -0.15) is 0 Å². The quantitative estimate of drug-likeness (QED) is 0.547. The average Bonchev–Trinajstić information content (AvgIpc) is 1.99. The first-order valence-corrected chi connectivity index (χ1v) is 4.07. The number of barbiturate groups is 1. The largest absolute Gasteiger partial charge is 0.333 e. The number of carbonyl (C=O) groups excluding carboxylic acids is 3. The molecule has 5 nitrogen and oxygen atoms in total. The molecule has 1 saturated heterocycles. The molecule has 5 heteroatoms. The fourth-order valence-electron chi connectivity index (χ4n) is 1.22. The first-order valence-electron chi connectivity index (χ1n) is 4.07. The van der Waals surface area contributed by atoms with Crippen LogP contribution in [0.3, 0.4) is 0 Å². The predicted molar refractivity (Wildman–Crippen MR) is 44.8 cm³/mol. The number of rotatable bonds is 1. The molecule has 0 radical (unpaired) electrons. The number of hydrogen-bond acceptors (Lipinski definition) is 3. The van der Waals surface area contributed by atoms with Crippen LogP contribution in [0, 0.1) is 0 Å². The highest BCUT2D eigenvalue weighted by molar-refractivity contribution is 6.13. The average molecular weight is 184 g/mol. The zero-order chi connectivity index (χ0) is 10.2. The number of carbonyl (C=O) groups is 3. The zero-order valence-electron chi connectivity index (χ0n) is 7.90. The monoisotopic (exact) mass is 184 g/mol. The molecule has 4 amide bonds. The molecule has 1 heterocycles. The van der Waals surface area contributed by atoms with Gasteiger partial charge in [0.05, 0.1) is 0 Å². The highest BCUT2D eigenvalue weighted by Gasteiger charge is 2.36. The minimum Gasteiger partial charge on any atom is -0.274 e. The van der Waals surface area contributed by atoms with E-state index in [1.54, 1.807) is 13.8 Å². The van der Waals surface area contributed by atoms with E-state index in [-0.39, 0.29) is 12.5 Å². The molecule has 0 spiro atoms. The summed E-state index contributed by atoms with van der Waals surface area (Å²) in [5.41, 5.74) is 0. The molecule has 0 atom stereocenters. The molecule has 0 saturated carbocycles. The molecule has 1 rings (SSSR count). The Morgan fingerprint density at radius 3 is 2.15 bits per heavy atom. The van der Waals surface area contributed by atoms with Gasteiger partial charge in [-0.05, 0) is 13.8 Å². The number of urea groups is 1. The van der Waals surface area contributed by atoms with Crippen LogP contribution in [-0.2, 0) is 9.59 Å². The standard InChI is InChI=1S/C8H12N2O3/c1-5(2)10-7(12)4-6(11)9(3)8(10)13/h5H,4H2,1-3H3. The summed E-state index contributed by atoms with van der Waals surface area (Å²) in [6, 6.07) is -0.730. The van der Waals surface area contributed by atoms with Gasteiger partial charge in [0.25, 0.3) is 0 Å². The minimum absolute atomic E-state index is 0.199. The second-order valence-corrected chi connectivity index (χ2v) is 3.27. The highest BCUT2D eigenvalue weighted by Crippen LogP contribution is 2.12. The van der Waals surface area contributed by atoms with Crippen LogP contribution in [0.5, 0.6) is 0 Å². The van der Waals surface area contributed by atoms with Crippen LogP contribution >= 0.6 is 0 Å². The van der Waals surface area contributed by atoms with Crippen LogP contribution in [0.4, 0.5) is 4.79 Å². The Hall–Kier alpha value is -1.39. The molecule has 1 aliphatic heterocycles. The van der Waals surface area contributed by atoms with E-state index in [2.05, 4.69) is 0 Å². The molecule has 0 unspecified atom stereocenters. The lowest BCUT2D eigenvalue weighted by molar-refractivity contribution is -0.142. The number of imide groups is 2. The second kappa shape index (κ2) is 3.16. The van der Waals surface area contributed by atoms with Crippen molar-refractivity contribution < 1.29 is 14.4 Å². The van der Waals surface area contributed by atoms with Gasteiger partial charge < -0.3 is 0 Å². The van der Waals surface area contributed by atoms with Gasteiger partial charge in [0, 0.05) is 13.1 Å². The number of amides is 4. The van der Waals surface area contributed by atoms with Crippen LogP contribution in [0.25, 0.3) is 0 Å². The molecule has 0 aromatic carbocycles. The van der Waals surface area contributed by atoms with Crippen LogP contribution in [0.1, 0.15) is 20.3 Å². The summed E-state index contributed by atoms with van der Waals surface area (Å²) in [6.07, 6.45) is -0.208. The maximum absolute atomic E-state index is 11.4. The van der Waals surface area contributed by atoms with E-state index in [0.717, 1.165) is 9.80 Å². The molecular weight excluding hydrogens is 172 g/mol. The first kappa shape index (κ1) is 9.70. The maximum atomic E-state index is 11.4. The first-order chi connectivity index (χ1) is 5.95. The van der Waals surface area contributed by atoms with Gasteiger partial charge in [-0.1, -0.05) is 0 Å². The van der Waals surface area contributed by atoms with Crippen LogP contribution in [0.2, 0.25) is 0 Å². The summed E-state index contributed by atoms with van der Waals surface area (Å²) in [5, 5.41) is 0. The molecule has 0 aliphatic carbocycles. The molecule has 0 bridgehead atoms. The van der Waals surface area contributed by atoms with Crippen LogP contribution in [-0.4, -0.2) is 40.7 Å². The predicted octanol–water partition coefficient (Wildman–Crippen LogP) is 0.206. The smallest absolute Gasteiger partial charge is 0.274 e. The summed E-state index contributed by atoms with van der Waals surface area (Å²) in [4.78, 5) is 35.8. The van der Waals surface area contributed by atoms with Crippen molar-refractivity contribution in [2.24, 2.45) is 0 Å². The van der Waals surface area contributed by atoms with Crippen molar-refractivity contribution in [3.05, 3.63) is 0 Å². The lowest BCUT2D eigenvalue weighted by Gasteiger charge is -2.32. The van der Waals surface area contributed by atoms with Crippen molar-refractivity contribution >= 4 is 17.8 Å². The molecule has 1 aliphatic rings. The minimum atomic E-state index is -0.531. The van der Waals surface area contributed by atoms with Crippen LogP contribution < -0.4 is 0 Å². The van der Waals surface area contributed by atoms with E-state index in [1.165, 1.54) is 7.05 Å². The van der Waals surface area contributed by atoms with Gasteiger partial charge in [0.15, 0.2) is 0 Å². The van der Waals surface area contributed by atoms with E-state index < -0.39 is 17.8 Å². The van der Waals surface area contributed by atoms with Gasteiger partial charge in [0.1, 0.15) is 6.42 Å². The van der Waals surface area contributed by atoms with E-state index in [0.29, 0.717) is 0 Å². The van der Waals surface area contributed by atoms with E-state index in [9.17, 15) is 14.4 Å². The van der Waals surface area contributed by atoms with Gasteiger partial charge in [-0.25, -0.2) is 4.79 Å². The Morgan fingerprint density at radius 1 is 1.15 bits per heavy atom. The second-order valence-electron chi connectivity index (χ2n) is 3.27. The molecule has 0 aromatic rings. The molecule has 72 valence electrons. The Labute approximate surface area is 76.3 Å². The third-order valence-corrected chi connectivity index (χ3v) is 1.95. The van der Waals surface area contributed by atoms with Gasteiger partial charge in [-0.15, -0.1) is 0 Å². The summed E-state index contributed by atoms with van der Waals surface area (Å²) in [5.74, 6) is -0.852. The number of nitrogens with zero attached hydrogens (tertiary/aromatic N) is 2. The summed E-state index contributed by atoms with van der Waals surface area (Å²) in [7, 11) is 1.38. The Morgan fingerprint density at radius 2 is 1.69 bits per heavy atom. The SMILES string of the molecule is CC(C)N1C(=O)CC(=O)N(C)C1=O. The third-order valence-electron chi connectivity index (χ3n) is 1.95. The van der Waals surface area contributed by atoms with E-state index in [1.807, 2.05) is 0 Å². The molecule has 0 N–H and O–H groups in total. The van der Waals surface area contributed by atoms with Crippen molar-refractivity contribution in [1.82, 2.24) is 9.80 Å². The fourth-order valence-corrected chi connectivity index (χ4v) is 1.22. The summed E-state index contributed by atoms with van der Waals surface area (Å²) >= 11 is 0. The van der Waals surface area contributed by atoms with Crippen molar-refractivity contribution in [2.75, 3.05) is 7.05 Å². The zero-order valence-corrected chi connectivity index (χ0v) is 7.90. The topological polar surface area (TPSA) is 57.7 Å². The number of hydrogen-bond donors (Lipinski definition) is 0. The van der Waals surface area contributed by atoms with Crippen LogP contribution in [0.15, 0.2) is 0 Å². The van der Waals surface area contributed by atoms with Crippen molar-refractivity contribution in [1.29, 1.82) is 0 Å². The van der Waals surface area contributed by atoms with Gasteiger partial charge in [-0.3, -0.25) is 19.4 Å². The van der Waals surface area contributed by atoms with Crippen molar-refractivity contribution in [3.63, 3.8) is 0 Å². The maximum Gasteiger partial charge on any atom is 0.333 e. The molecule has 0 aromatic heterocycles. The Bertz CT molecular complexity index is 273. The highest BCUT2D eigenvalue weighted by atomic mass is 16.2. The fraction of sp³-hybridized carbons (Fsp3) is 0.625. The lowest BCUT2D eigenvalue weighted by atomic mass is 10.2. The Kier molecular flexibility index (Phi) is 2.36. The molecule has 1 fully saturated rings. The van der Waals surface area contributed by atoms with E-state index >= 15 is 0 Å². The lowest BCUT2D eigenvalue weighted by Crippen LogP contribution is -2.55. The molecule has 13 heavy (non-hydrogen) atoms. The third kappa shape index (κ3) is 1.54. The molecular formula is C8H12N2O3. The van der Waals surface area contributed by atoms with Crippen molar-refractivity contribution in [2.45, 2.75) is 26.3 Å². The Balaban J connectivity index is 2.92. The van der Waals surface area contributed by atoms with Gasteiger partial charge >= 0.3 is 6.03 Å². The van der Waals surface area contributed by atoms with Crippen molar-refractivity contribution in [3.8, 4) is 0 Å². The van der Waals surface area contributed by atoms with Gasteiger partial charge in [0.2, 0.25) is 11.8 Å². The summed E-state index contributed by atoms with van der Waals surface area (Å²) in [6.45, 7) is 3.47. The van der Waals surface area contributed by atoms with E-state index in [4.69, 9.17) is 0 Å². The summed E-state index contributed by atoms with van der Waals surface area (Å²) < 4.78 is 0. The normalized spacial score (nSPS) is 18.9.